The van der Waals surface area contributed by atoms with E-state index >= 15 is 0 Å². The molecule has 0 unspecified atom stereocenters. The van der Waals surface area contributed by atoms with Gasteiger partial charge in [-0.1, -0.05) is 35.3 Å². The van der Waals surface area contributed by atoms with Gasteiger partial charge in [0, 0.05) is 22.2 Å². The van der Waals surface area contributed by atoms with Gasteiger partial charge in [-0.25, -0.2) is 9.59 Å². The third-order valence-electron chi connectivity index (χ3n) is 4.41. The second-order valence-electron chi connectivity index (χ2n) is 7.38. The number of nitrogens with zero attached hydrogens (tertiary/aromatic N) is 2. The lowest BCUT2D eigenvalue weighted by Crippen LogP contribution is -2.47. The molecule has 14 nitrogen and oxygen atoms in total. The number of guanidine groups is 4. The number of benzene rings is 2. The summed E-state index contributed by atoms with van der Waals surface area (Å²) in [6.45, 7) is 3.33. The van der Waals surface area contributed by atoms with Crippen molar-refractivity contribution in [3.63, 3.8) is 0 Å². The Morgan fingerprint density at radius 3 is 1.42 bits per heavy atom. The lowest BCUT2D eigenvalue weighted by molar-refractivity contribution is -0.140. The minimum absolute atomic E-state index is 0.187. The van der Waals surface area contributed by atoms with Gasteiger partial charge >= 0.3 is 11.9 Å². The minimum atomic E-state index is -1.11. The van der Waals surface area contributed by atoms with E-state index in [0.29, 0.717) is 23.3 Å². The van der Waals surface area contributed by atoms with Gasteiger partial charge in [0.05, 0.1) is 11.4 Å². The van der Waals surface area contributed by atoms with E-state index in [1.807, 2.05) is 0 Å². The molecule has 0 spiro atoms. The molecule has 0 heterocycles. The fraction of sp³-hybridized carbons (Fsp3) is 0.0909. The number of carbonyl (C=O) groups excluding carboxylic acids is 2. The van der Waals surface area contributed by atoms with Crippen molar-refractivity contribution in [1.82, 2.24) is 10.6 Å². The molecule has 0 aliphatic heterocycles. The van der Waals surface area contributed by atoms with Crippen LogP contribution in [0.1, 0.15) is 11.1 Å². The lowest BCUT2D eigenvalue weighted by Gasteiger charge is -2.25. The SMILES string of the molecule is Cc1ccc(Cl)cc1N(OC(=O)/C=C/C(=O)ON(C(=N)NC(=N)N)c1cc(Cl)ccc1C)C(=N)NC(=N)N. The van der Waals surface area contributed by atoms with Gasteiger partial charge in [0.25, 0.3) is 0 Å². The van der Waals surface area contributed by atoms with Gasteiger partial charge in [-0.05, 0) is 49.2 Å². The molecule has 2 aromatic rings. The van der Waals surface area contributed by atoms with Gasteiger partial charge in [-0.2, -0.15) is 0 Å². The fourth-order valence-electron chi connectivity index (χ4n) is 2.77. The van der Waals surface area contributed by atoms with Gasteiger partial charge in [0.1, 0.15) is 0 Å². The van der Waals surface area contributed by atoms with Gasteiger partial charge < -0.3 is 21.1 Å². The standard InChI is InChI=1S/C22H24Cl2N10O4/c1-11-3-5-13(23)9-15(11)33(21(29)31-19(25)26)37-17(35)7-8-18(36)38-34(22(30)32-20(27)28)16-10-14(24)6-4-12(16)2/h3-10H,1-2H3,(H5,25,26,29,31)(H5,27,28,30,32)/b8-7+. The molecule has 0 atom stereocenters. The smallest absolute Gasteiger partial charge is 0.356 e. The van der Waals surface area contributed by atoms with Crippen LogP contribution in [0.25, 0.3) is 0 Å². The average Bonchev–Trinajstić information content (AvgIpc) is 2.82. The molecule has 0 radical (unpaired) electrons. The van der Waals surface area contributed by atoms with Crippen molar-refractivity contribution in [1.29, 1.82) is 21.6 Å². The second kappa shape index (κ2) is 12.9. The molecule has 0 aromatic heterocycles. The first-order valence-electron chi connectivity index (χ1n) is 10.4. The van der Waals surface area contributed by atoms with Crippen molar-refractivity contribution < 1.29 is 19.3 Å². The Bertz CT molecular complexity index is 1230. The number of aryl methyl sites for hydroxylation is 2. The van der Waals surface area contributed by atoms with Gasteiger partial charge in [0.15, 0.2) is 11.9 Å². The number of halogens is 2. The molecule has 0 aliphatic carbocycles. The van der Waals surface area contributed by atoms with Crippen molar-refractivity contribution in [3.05, 3.63) is 69.7 Å². The number of carbonyl (C=O) groups is 2. The Balaban J connectivity index is 2.26. The molecule has 10 N–H and O–H groups in total. The molecule has 0 bridgehead atoms. The summed E-state index contributed by atoms with van der Waals surface area (Å²) in [5.41, 5.74) is 12.1. The predicted molar refractivity (Wildman–Crippen MR) is 144 cm³/mol. The maximum absolute atomic E-state index is 12.5. The number of anilines is 2. The van der Waals surface area contributed by atoms with Crippen LogP contribution < -0.4 is 32.2 Å². The average molecular weight is 563 g/mol. The van der Waals surface area contributed by atoms with E-state index in [4.69, 9.17) is 66.0 Å². The highest BCUT2D eigenvalue weighted by molar-refractivity contribution is 6.31. The summed E-state index contributed by atoms with van der Waals surface area (Å²) in [5.74, 6) is -4.57. The van der Waals surface area contributed by atoms with Crippen LogP contribution in [0, 0.1) is 35.5 Å². The molecule has 0 saturated heterocycles. The molecule has 38 heavy (non-hydrogen) atoms. The maximum atomic E-state index is 12.5. The molecule has 0 aliphatic rings. The lowest BCUT2D eigenvalue weighted by atomic mass is 10.2. The third-order valence-corrected chi connectivity index (χ3v) is 4.88. The van der Waals surface area contributed by atoms with Crippen LogP contribution in [-0.2, 0) is 19.3 Å². The first-order valence-corrected chi connectivity index (χ1v) is 11.2. The Labute approximate surface area is 227 Å². The summed E-state index contributed by atoms with van der Waals surface area (Å²) >= 11 is 12.1. The molecular formula is C22H24Cl2N10O4. The molecule has 16 heteroatoms. The van der Waals surface area contributed by atoms with Crippen molar-refractivity contribution in [3.8, 4) is 0 Å². The number of hydrogen-bond donors (Lipinski definition) is 8. The Hall–Kier alpha value is -4.82. The molecule has 200 valence electrons. The summed E-state index contributed by atoms with van der Waals surface area (Å²) < 4.78 is 0. The van der Waals surface area contributed by atoms with E-state index in [0.717, 1.165) is 10.1 Å². The number of hydroxylamine groups is 2. The normalized spacial score (nSPS) is 10.3. The van der Waals surface area contributed by atoms with Crippen LogP contribution in [0.2, 0.25) is 10.0 Å². The summed E-state index contributed by atoms with van der Waals surface area (Å²) in [4.78, 5) is 35.4. The number of nitrogens with one attached hydrogen (secondary N) is 6. The Morgan fingerprint density at radius 2 is 1.11 bits per heavy atom. The van der Waals surface area contributed by atoms with Crippen LogP contribution in [0.15, 0.2) is 48.6 Å². The third kappa shape index (κ3) is 8.39. The Morgan fingerprint density at radius 1 is 0.763 bits per heavy atom. The topological polar surface area (TPSA) is 231 Å². The number of rotatable bonds is 4. The molecule has 0 fully saturated rings. The maximum Gasteiger partial charge on any atom is 0.356 e. The summed E-state index contributed by atoms with van der Waals surface area (Å²) in [6.07, 6.45) is 1.42. The molecule has 2 rings (SSSR count). The van der Waals surface area contributed by atoms with E-state index in [9.17, 15) is 9.59 Å². The van der Waals surface area contributed by atoms with E-state index in [-0.39, 0.29) is 21.4 Å². The van der Waals surface area contributed by atoms with Crippen molar-refractivity contribution in [2.24, 2.45) is 11.5 Å². The first-order chi connectivity index (χ1) is 17.8. The monoisotopic (exact) mass is 562 g/mol. The quantitative estimate of drug-likeness (QED) is 0.117. The highest BCUT2D eigenvalue weighted by atomic mass is 35.5. The van der Waals surface area contributed by atoms with E-state index in [1.165, 1.54) is 12.1 Å². The zero-order valence-electron chi connectivity index (χ0n) is 20.1. The van der Waals surface area contributed by atoms with E-state index in [2.05, 4.69) is 10.6 Å². The van der Waals surface area contributed by atoms with Gasteiger partial charge in [-0.3, -0.25) is 32.3 Å². The molecule has 0 saturated carbocycles. The Kier molecular flexibility index (Phi) is 10.0. The van der Waals surface area contributed by atoms with Crippen molar-refractivity contribution >= 4 is 70.4 Å². The summed E-state index contributed by atoms with van der Waals surface area (Å²) in [6, 6.07) is 9.23. The van der Waals surface area contributed by atoms with E-state index in [1.54, 1.807) is 38.1 Å². The van der Waals surface area contributed by atoms with Crippen molar-refractivity contribution in [2.45, 2.75) is 13.8 Å². The van der Waals surface area contributed by atoms with Crippen LogP contribution in [0.5, 0.6) is 0 Å². The fourth-order valence-corrected chi connectivity index (χ4v) is 3.10. The summed E-state index contributed by atoms with van der Waals surface area (Å²) in [5, 5.41) is 37.3. The number of hydrogen-bond acceptors (Lipinski definition) is 8. The minimum Gasteiger partial charge on any atom is -0.370 e. The zero-order valence-corrected chi connectivity index (χ0v) is 21.6. The molecule has 2 aromatic carbocycles. The van der Waals surface area contributed by atoms with Crippen LogP contribution >= 0.6 is 23.2 Å². The highest BCUT2D eigenvalue weighted by Gasteiger charge is 2.22. The predicted octanol–water partition coefficient (Wildman–Crippen LogP) is 2.23. The highest BCUT2D eigenvalue weighted by Crippen LogP contribution is 2.26. The second-order valence-corrected chi connectivity index (χ2v) is 8.25. The van der Waals surface area contributed by atoms with Crippen LogP contribution in [-0.4, -0.2) is 35.8 Å². The van der Waals surface area contributed by atoms with Crippen molar-refractivity contribution in [2.75, 3.05) is 10.1 Å². The molecular weight excluding hydrogens is 539 g/mol. The zero-order chi connectivity index (χ0) is 28.6. The largest absolute Gasteiger partial charge is 0.370 e. The number of nitrogens with two attached hydrogens (primary N) is 2. The van der Waals surface area contributed by atoms with Crippen LogP contribution in [0.3, 0.4) is 0 Å². The van der Waals surface area contributed by atoms with Crippen LogP contribution in [0.4, 0.5) is 11.4 Å². The molecule has 0 amide bonds. The van der Waals surface area contributed by atoms with Gasteiger partial charge in [-0.15, -0.1) is 10.1 Å². The summed E-state index contributed by atoms with van der Waals surface area (Å²) in [7, 11) is 0. The first kappa shape index (κ1) is 29.4. The van der Waals surface area contributed by atoms with E-state index < -0.39 is 35.8 Å². The van der Waals surface area contributed by atoms with Gasteiger partial charge in [0.2, 0.25) is 11.9 Å².